The van der Waals surface area contributed by atoms with Crippen molar-refractivity contribution in [1.29, 1.82) is 0 Å². The van der Waals surface area contributed by atoms with Gasteiger partial charge >= 0.3 is 6.03 Å². The molecule has 4 N–H and O–H groups in total. The minimum absolute atomic E-state index is 0.0841. The minimum Gasteiger partial charge on any atom is -0.491 e. The molecule has 5 rings (SSSR count). The quantitative estimate of drug-likeness (QED) is 0.130. The largest absolute Gasteiger partial charge is 0.491 e. The van der Waals surface area contributed by atoms with Crippen LogP contribution in [0.3, 0.4) is 0 Å². The lowest BCUT2D eigenvalue weighted by molar-refractivity contribution is -0.129. The Bertz CT molecular complexity index is 1590. The number of carbonyl (C=O) groups excluding carboxylic acids is 2. The van der Waals surface area contributed by atoms with E-state index in [1.54, 1.807) is 36.4 Å². The van der Waals surface area contributed by atoms with Crippen molar-refractivity contribution in [2.24, 2.45) is 0 Å². The third kappa shape index (κ3) is 6.14. The van der Waals surface area contributed by atoms with Gasteiger partial charge in [0.05, 0.1) is 6.61 Å². The number of aliphatic hydroxyl groups is 2. The number of amides is 3. The Morgan fingerprint density at radius 2 is 1.83 bits per heavy atom. The van der Waals surface area contributed by atoms with E-state index in [9.17, 15) is 19.1 Å². The van der Waals surface area contributed by atoms with Crippen LogP contribution in [-0.4, -0.2) is 56.3 Å². The number of nitrogens with zero attached hydrogens (tertiary/aromatic N) is 2. The van der Waals surface area contributed by atoms with Gasteiger partial charge < -0.3 is 25.3 Å². The first kappa shape index (κ1) is 30.0. The molecule has 1 fully saturated rings. The standard InChI is InChI=1S/C30H27ClFIN4O5/c1-16(17-5-3-2-4-6-17)26(28-34-25(27(31)36-28)22-12-9-19(33)13-23(22)32)37-29(40)24(35-30(37)41)18-7-10-21(11-8-18)42-15-20(39)14-38/h2-13,16,20,24,26,38-39H,14-15H2,1H3,(H,34,36)(H,35,41)/t16-,20?,24?,26-/m0/s1. The van der Waals surface area contributed by atoms with Gasteiger partial charge in [0, 0.05) is 15.1 Å². The van der Waals surface area contributed by atoms with Crippen LogP contribution in [-0.2, 0) is 4.79 Å². The van der Waals surface area contributed by atoms with E-state index in [4.69, 9.17) is 21.4 Å². The Labute approximate surface area is 259 Å². The van der Waals surface area contributed by atoms with E-state index in [0.29, 0.717) is 14.9 Å². The van der Waals surface area contributed by atoms with Gasteiger partial charge in [-0.3, -0.25) is 9.69 Å². The predicted octanol–water partition coefficient (Wildman–Crippen LogP) is 5.34. The molecule has 42 heavy (non-hydrogen) atoms. The fraction of sp³-hybridized carbons (Fsp3) is 0.233. The summed E-state index contributed by atoms with van der Waals surface area (Å²) in [6.45, 7) is 1.35. The molecule has 12 heteroatoms. The van der Waals surface area contributed by atoms with Crippen LogP contribution in [0.15, 0.2) is 72.8 Å². The molecule has 3 aromatic carbocycles. The molecule has 4 aromatic rings. The summed E-state index contributed by atoms with van der Waals surface area (Å²) in [4.78, 5) is 36.1. The number of aromatic amines is 1. The molecule has 1 saturated heterocycles. The number of imidazole rings is 1. The number of hydrogen-bond acceptors (Lipinski definition) is 6. The van der Waals surface area contributed by atoms with Crippen molar-refractivity contribution in [3.8, 4) is 17.0 Å². The number of benzene rings is 3. The summed E-state index contributed by atoms with van der Waals surface area (Å²) < 4.78 is 21.0. The van der Waals surface area contributed by atoms with Crippen molar-refractivity contribution in [3.05, 3.63) is 104 Å². The number of hydrogen-bond donors (Lipinski definition) is 4. The Kier molecular flexibility index (Phi) is 9.11. The van der Waals surface area contributed by atoms with E-state index in [1.807, 2.05) is 59.8 Å². The molecule has 9 nitrogen and oxygen atoms in total. The van der Waals surface area contributed by atoms with Crippen LogP contribution in [0.4, 0.5) is 9.18 Å². The molecule has 1 aliphatic heterocycles. The molecule has 2 unspecified atom stereocenters. The molecule has 1 aromatic heterocycles. The summed E-state index contributed by atoms with van der Waals surface area (Å²) in [6, 6.07) is 18.1. The van der Waals surface area contributed by atoms with Crippen LogP contribution in [0.2, 0.25) is 5.15 Å². The van der Waals surface area contributed by atoms with E-state index in [-0.39, 0.29) is 28.8 Å². The third-order valence-electron chi connectivity index (χ3n) is 7.06. The van der Waals surface area contributed by atoms with Gasteiger partial charge in [-0.2, -0.15) is 0 Å². The molecule has 4 atom stereocenters. The lowest BCUT2D eigenvalue weighted by atomic mass is 9.91. The fourth-order valence-electron chi connectivity index (χ4n) is 4.88. The predicted molar refractivity (Wildman–Crippen MR) is 162 cm³/mol. The normalized spacial score (nSPS) is 17.2. The first-order valence-corrected chi connectivity index (χ1v) is 14.5. The van der Waals surface area contributed by atoms with E-state index < -0.39 is 48.5 Å². The minimum atomic E-state index is -1.02. The zero-order valence-electron chi connectivity index (χ0n) is 22.3. The smallest absolute Gasteiger partial charge is 0.325 e. The second-order valence-electron chi connectivity index (χ2n) is 9.86. The van der Waals surface area contributed by atoms with E-state index >= 15 is 0 Å². The molecule has 2 heterocycles. The molecule has 0 saturated carbocycles. The van der Waals surface area contributed by atoms with E-state index in [0.717, 1.165) is 10.5 Å². The highest BCUT2D eigenvalue weighted by molar-refractivity contribution is 14.1. The molecule has 3 amide bonds. The maximum Gasteiger partial charge on any atom is 0.325 e. The van der Waals surface area contributed by atoms with Gasteiger partial charge in [0.2, 0.25) is 0 Å². The number of nitrogens with one attached hydrogen (secondary N) is 2. The summed E-state index contributed by atoms with van der Waals surface area (Å²) in [6.07, 6.45) is -1.02. The second-order valence-corrected chi connectivity index (χ2v) is 11.5. The molecule has 0 aliphatic carbocycles. The highest BCUT2D eigenvalue weighted by atomic mass is 127. The second kappa shape index (κ2) is 12.8. The number of H-pyrrole nitrogens is 1. The average molecular weight is 705 g/mol. The first-order valence-electron chi connectivity index (χ1n) is 13.1. The summed E-state index contributed by atoms with van der Waals surface area (Å²) in [5, 5.41) is 21.3. The number of rotatable bonds is 10. The number of ether oxygens (including phenoxy) is 1. The summed E-state index contributed by atoms with van der Waals surface area (Å²) in [5.74, 6) is -0.741. The van der Waals surface area contributed by atoms with Crippen LogP contribution in [0.1, 0.15) is 41.9 Å². The van der Waals surface area contributed by atoms with Gasteiger partial charge in [-0.1, -0.05) is 61.0 Å². The van der Waals surface area contributed by atoms with Crippen molar-refractivity contribution in [3.63, 3.8) is 0 Å². The lowest BCUT2D eigenvalue weighted by Crippen LogP contribution is -2.38. The number of halogens is 3. The highest BCUT2D eigenvalue weighted by Crippen LogP contribution is 2.41. The lowest BCUT2D eigenvalue weighted by Gasteiger charge is -2.29. The number of aliphatic hydroxyl groups excluding tert-OH is 2. The molecule has 1 aliphatic rings. The molecule has 0 bridgehead atoms. The SMILES string of the molecule is C[C@@H](c1ccccc1)[C@@H](c1nc(-c2ccc(I)cc2F)c(Cl)[nH]1)N1C(=O)NC(c2ccc(OCC(O)CO)cc2)C1=O. The van der Waals surface area contributed by atoms with Crippen molar-refractivity contribution in [2.45, 2.75) is 31.0 Å². The van der Waals surface area contributed by atoms with Crippen molar-refractivity contribution in [2.75, 3.05) is 13.2 Å². The fourth-order valence-corrected chi connectivity index (χ4v) is 5.57. The summed E-state index contributed by atoms with van der Waals surface area (Å²) in [7, 11) is 0. The summed E-state index contributed by atoms with van der Waals surface area (Å²) in [5.41, 5.74) is 1.75. The molecular weight excluding hydrogens is 678 g/mol. The maximum absolute atomic E-state index is 14.9. The number of urea groups is 1. The van der Waals surface area contributed by atoms with Gasteiger partial charge in [-0.25, -0.2) is 14.2 Å². The Morgan fingerprint density at radius 3 is 2.50 bits per heavy atom. The first-order chi connectivity index (χ1) is 20.2. The molecule has 0 spiro atoms. The Morgan fingerprint density at radius 1 is 1.12 bits per heavy atom. The van der Waals surface area contributed by atoms with Crippen molar-refractivity contribution >= 4 is 46.1 Å². The van der Waals surface area contributed by atoms with Gasteiger partial charge in [0.1, 0.15) is 53.0 Å². The molecular formula is C30H27ClFIN4O5. The topological polar surface area (TPSA) is 128 Å². The highest BCUT2D eigenvalue weighted by Gasteiger charge is 2.46. The van der Waals surface area contributed by atoms with Crippen molar-refractivity contribution < 1.29 is 28.9 Å². The molecule has 0 radical (unpaired) electrons. The van der Waals surface area contributed by atoms with E-state index in [2.05, 4.69) is 15.3 Å². The van der Waals surface area contributed by atoms with Gasteiger partial charge in [0.15, 0.2) is 0 Å². The van der Waals surface area contributed by atoms with Crippen LogP contribution in [0.5, 0.6) is 5.75 Å². The van der Waals surface area contributed by atoms with Crippen molar-refractivity contribution in [1.82, 2.24) is 20.2 Å². The van der Waals surface area contributed by atoms with Gasteiger partial charge in [-0.15, -0.1) is 0 Å². The number of imide groups is 1. The van der Waals surface area contributed by atoms with Crippen LogP contribution in [0.25, 0.3) is 11.3 Å². The zero-order valence-corrected chi connectivity index (χ0v) is 25.2. The van der Waals surface area contributed by atoms with Crippen LogP contribution < -0.4 is 10.1 Å². The Hall–Kier alpha value is -3.52. The summed E-state index contributed by atoms with van der Waals surface area (Å²) >= 11 is 8.54. The number of aromatic nitrogens is 2. The zero-order chi connectivity index (χ0) is 30.0. The van der Waals surface area contributed by atoms with Crippen LogP contribution >= 0.6 is 34.2 Å². The average Bonchev–Trinajstić information content (AvgIpc) is 3.51. The maximum atomic E-state index is 14.9. The molecule has 218 valence electrons. The Balaban J connectivity index is 1.49. The monoisotopic (exact) mass is 704 g/mol. The van der Waals surface area contributed by atoms with Crippen LogP contribution in [0, 0.1) is 9.39 Å². The third-order valence-corrected chi connectivity index (χ3v) is 8.00. The van der Waals surface area contributed by atoms with Gasteiger partial charge in [0.25, 0.3) is 5.91 Å². The van der Waals surface area contributed by atoms with Gasteiger partial charge in [-0.05, 0) is 64.0 Å². The number of carbonyl (C=O) groups is 2. The van der Waals surface area contributed by atoms with E-state index in [1.165, 1.54) is 6.07 Å².